The number of aromatic nitrogens is 1. The van der Waals surface area contributed by atoms with Gasteiger partial charge in [0, 0.05) is 25.1 Å². The predicted octanol–water partition coefficient (Wildman–Crippen LogP) is 4.90. The Bertz CT molecular complexity index is 1140. The molecular weight excluding hydrogens is 402 g/mol. The molecule has 6 nitrogen and oxygen atoms in total. The van der Waals surface area contributed by atoms with Crippen molar-refractivity contribution >= 4 is 23.9 Å². The number of rotatable bonds is 6. The van der Waals surface area contributed by atoms with E-state index in [-0.39, 0.29) is 18.4 Å². The fraction of sp³-hybridized carbons (Fsp3) is 0.192. The number of aryl methyl sites for hydroxylation is 1. The topological polar surface area (TPSA) is 80.3 Å². The van der Waals surface area contributed by atoms with Crippen LogP contribution in [-0.4, -0.2) is 30.1 Å². The standard InChI is InChI=1S/C26H25N3O3/c1-17-19(13-14-25(28-17)29-18(2)30)8-7-15-27-26(31)32-16-24-22-11-5-3-9-20(22)21-10-4-6-12-23(21)24/h3-14,24H,15-16H2,1-2H3,(H,27,31)(H,28,29,30). The second-order valence-electron chi connectivity index (χ2n) is 7.66. The van der Waals surface area contributed by atoms with Gasteiger partial charge >= 0.3 is 6.09 Å². The van der Waals surface area contributed by atoms with Crippen LogP contribution in [0.5, 0.6) is 0 Å². The van der Waals surface area contributed by atoms with Crippen LogP contribution in [0.15, 0.2) is 66.7 Å². The van der Waals surface area contributed by atoms with E-state index in [0.29, 0.717) is 12.4 Å². The zero-order chi connectivity index (χ0) is 22.5. The van der Waals surface area contributed by atoms with Crippen LogP contribution in [0, 0.1) is 6.92 Å². The first-order valence-electron chi connectivity index (χ1n) is 10.5. The summed E-state index contributed by atoms with van der Waals surface area (Å²) in [7, 11) is 0. The number of anilines is 1. The summed E-state index contributed by atoms with van der Waals surface area (Å²) in [6.45, 7) is 3.94. The molecule has 0 unspecified atom stereocenters. The molecule has 2 N–H and O–H groups in total. The Morgan fingerprint density at radius 2 is 1.66 bits per heavy atom. The van der Waals surface area contributed by atoms with E-state index in [2.05, 4.69) is 39.9 Å². The molecule has 2 amide bonds. The quantitative estimate of drug-likeness (QED) is 0.586. The molecule has 2 aromatic carbocycles. The summed E-state index contributed by atoms with van der Waals surface area (Å²) in [6, 6.07) is 20.1. The lowest BCUT2D eigenvalue weighted by Crippen LogP contribution is -2.26. The van der Waals surface area contributed by atoms with Crippen LogP contribution >= 0.6 is 0 Å². The monoisotopic (exact) mass is 427 g/mol. The number of ether oxygens (including phenoxy) is 1. The average Bonchev–Trinajstić information content (AvgIpc) is 3.10. The van der Waals surface area contributed by atoms with Gasteiger partial charge in [0.1, 0.15) is 12.4 Å². The summed E-state index contributed by atoms with van der Waals surface area (Å²) >= 11 is 0. The fourth-order valence-corrected chi connectivity index (χ4v) is 3.98. The molecule has 0 atom stereocenters. The van der Waals surface area contributed by atoms with E-state index in [4.69, 9.17) is 4.74 Å². The third-order valence-corrected chi connectivity index (χ3v) is 5.44. The summed E-state index contributed by atoms with van der Waals surface area (Å²) in [5.41, 5.74) is 6.48. The summed E-state index contributed by atoms with van der Waals surface area (Å²) in [5.74, 6) is 0.399. The molecule has 162 valence electrons. The lowest BCUT2D eigenvalue weighted by atomic mass is 9.98. The van der Waals surface area contributed by atoms with Gasteiger partial charge in [-0.05, 0) is 46.9 Å². The van der Waals surface area contributed by atoms with Crippen molar-refractivity contribution in [2.75, 3.05) is 18.5 Å². The molecule has 1 aliphatic rings. The van der Waals surface area contributed by atoms with Crippen LogP contribution in [0.25, 0.3) is 17.2 Å². The zero-order valence-electron chi connectivity index (χ0n) is 18.1. The van der Waals surface area contributed by atoms with E-state index in [0.717, 1.165) is 11.3 Å². The molecule has 3 aromatic rings. The van der Waals surface area contributed by atoms with Crippen molar-refractivity contribution in [3.8, 4) is 11.1 Å². The minimum Gasteiger partial charge on any atom is -0.449 e. The van der Waals surface area contributed by atoms with Crippen LogP contribution in [0.1, 0.15) is 35.2 Å². The van der Waals surface area contributed by atoms with Crippen molar-refractivity contribution in [1.29, 1.82) is 0 Å². The number of hydrogen-bond donors (Lipinski definition) is 2. The Morgan fingerprint density at radius 3 is 2.28 bits per heavy atom. The number of carbonyl (C=O) groups excluding carboxylic acids is 2. The number of amides is 2. The molecule has 0 spiro atoms. The maximum absolute atomic E-state index is 12.2. The van der Waals surface area contributed by atoms with Crippen LogP contribution in [-0.2, 0) is 9.53 Å². The van der Waals surface area contributed by atoms with Crippen molar-refractivity contribution in [2.24, 2.45) is 0 Å². The molecule has 0 saturated heterocycles. The van der Waals surface area contributed by atoms with E-state index >= 15 is 0 Å². The van der Waals surface area contributed by atoms with Crippen molar-refractivity contribution < 1.29 is 14.3 Å². The first-order chi connectivity index (χ1) is 15.5. The van der Waals surface area contributed by atoms with E-state index < -0.39 is 6.09 Å². The van der Waals surface area contributed by atoms with Crippen LogP contribution in [0.3, 0.4) is 0 Å². The Kier molecular flexibility index (Phi) is 6.31. The van der Waals surface area contributed by atoms with Crippen molar-refractivity contribution in [3.05, 3.63) is 89.1 Å². The summed E-state index contributed by atoms with van der Waals surface area (Å²) in [4.78, 5) is 27.7. The van der Waals surface area contributed by atoms with Gasteiger partial charge < -0.3 is 15.4 Å². The number of nitrogens with one attached hydrogen (secondary N) is 2. The first kappa shape index (κ1) is 21.3. The molecule has 1 heterocycles. The largest absolute Gasteiger partial charge is 0.449 e. The van der Waals surface area contributed by atoms with Gasteiger partial charge in [0.15, 0.2) is 0 Å². The first-order valence-corrected chi connectivity index (χ1v) is 10.5. The highest BCUT2D eigenvalue weighted by molar-refractivity contribution is 5.87. The Hall–Kier alpha value is -3.93. The third kappa shape index (κ3) is 4.70. The summed E-state index contributed by atoms with van der Waals surface area (Å²) in [6.07, 6.45) is 3.26. The van der Waals surface area contributed by atoms with Crippen LogP contribution in [0.2, 0.25) is 0 Å². The van der Waals surface area contributed by atoms with Gasteiger partial charge in [-0.1, -0.05) is 60.7 Å². The smallest absolute Gasteiger partial charge is 0.407 e. The lowest BCUT2D eigenvalue weighted by Gasteiger charge is -2.14. The highest BCUT2D eigenvalue weighted by atomic mass is 16.5. The van der Waals surface area contributed by atoms with Gasteiger partial charge in [-0.3, -0.25) is 4.79 Å². The van der Waals surface area contributed by atoms with E-state index in [1.165, 1.54) is 29.2 Å². The normalized spacial score (nSPS) is 12.3. The zero-order valence-corrected chi connectivity index (χ0v) is 18.1. The van der Waals surface area contributed by atoms with Gasteiger partial charge in [0.05, 0.1) is 0 Å². The second-order valence-corrected chi connectivity index (χ2v) is 7.66. The summed E-state index contributed by atoms with van der Waals surface area (Å²) < 4.78 is 5.53. The Balaban J connectivity index is 1.30. The highest BCUT2D eigenvalue weighted by Crippen LogP contribution is 2.44. The highest BCUT2D eigenvalue weighted by Gasteiger charge is 2.28. The van der Waals surface area contributed by atoms with Crippen molar-refractivity contribution in [3.63, 3.8) is 0 Å². The second kappa shape index (κ2) is 9.47. The van der Waals surface area contributed by atoms with Crippen molar-refractivity contribution in [2.45, 2.75) is 19.8 Å². The van der Waals surface area contributed by atoms with Crippen LogP contribution in [0.4, 0.5) is 10.6 Å². The van der Waals surface area contributed by atoms with Gasteiger partial charge in [-0.2, -0.15) is 0 Å². The number of pyridine rings is 1. The summed E-state index contributed by atoms with van der Waals surface area (Å²) in [5, 5.41) is 5.41. The molecule has 4 rings (SSSR count). The number of alkyl carbamates (subject to hydrolysis) is 1. The molecule has 32 heavy (non-hydrogen) atoms. The maximum atomic E-state index is 12.2. The minimum absolute atomic E-state index is 0.0412. The predicted molar refractivity (Wildman–Crippen MR) is 125 cm³/mol. The molecule has 0 aliphatic heterocycles. The van der Waals surface area contributed by atoms with Gasteiger partial charge in [-0.15, -0.1) is 0 Å². The number of nitrogens with zero attached hydrogens (tertiary/aromatic N) is 1. The number of hydrogen-bond acceptors (Lipinski definition) is 4. The minimum atomic E-state index is -0.452. The fourth-order valence-electron chi connectivity index (χ4n) is 3.98. The third-order valence-electron chi connectivity index (χ3n) is 5.44. The SMILES string of the molecule is CC(=O)Nc1ccc(C=CCNC(=O)OCC2c3ccccc3-c3ccccc32)c(C)n1. The van der Waals surface area contributed by atoms with Gasteiger partial charge in [-0.25, -0.2) is 9.78 Å². The maximum Gasteiger partial charge on any atom is 0.407 e. The van der Waals surface area contributed by atoms with Crippen molar-refractivity contribution in [1.82, 2.24) is 10.3 Å². The number of benzene rings is 2. The Labute approximate surface area is 187 Å². The van der Waals surface area contributed by atoms with Gasteiger partial charge in [0.2, 0.25) is 5.91 Å². The molecule has 0 saturated carbocycles. The van der Waals surface area contributed by atoms with E-state index in [9.17, 15) is 9.59 Å². The van der Waals surface area contributed by atoms with Crippen LogP contribution < -0.4 is 10.6 Å². The number of fused-ring (bicyclic) bond motifs is 3. The Morgan fingerprint density at radius 1 is 1.00 bits per heavy atom. The molecular formula is C26H25N3O3. The van der Waals surface area contributed by atoms with Gasteiger partial charge in [0.25, 0.3) is 0 Å². The lowest BCUT2D eigenvalue weighted by molar-refractivity contribution is -0.114. The molecule has 1 aromatic heterocycles. The van der Waals surface area contributed by atoms with E-state index in [1.54, 1.807) is 6.07 Å². The average molecular weight is 428 g/mol. The molecule has 0 bridgehead atoms. The van der Waals surface area contributed by atoms with E-state index in [1.807, 2.05) is 49.4 Å². The molecule has 6 heteroatoms. The molecule has 1 aliphatic carbocycles. The number of carbonyl (C=O) groups is 2. The molecule has 0 fully saturated rings. The molecule has 0 radical (unpaired) electrons.